The first kappa shape index (κ1) is 9.88. The molecule has 0 radical (unpaired) electrons. The fourth-order valence-corrected chi connectivity index (χ4v) is 0.587. The van der Waals surface area contributed by atoms with Crippen LogP contribution in [0.25, 0.3) is 0 Å². The van der Waals surface area contributed by atoms with E-state index in [2.05, 4.69) is 0 Å². The van der Waals surface area contributed by atoms with Crippen LogP contribution in [0.4, 0.5) is 0 Å². The topological polar surface area (TPSA) is 78.1 Å². The highest BCUT2D eigenvalue weighted by Crippen LogP contribution is 2.17. The van der Waals surface area contributed by atoms with Crippen LogP contribution in [0.2, 0.25) is 0 Å². The summed E-state index contributed by atoms with van der Waals surface area (Å²) in [6, 6.07) is -0.0903. The lowest BCUT2D eigenvalue weighted by Crippen LogP contribution is -2.68. The van der Waals surface area contributed by atoms with Crippen molar-refractivity contribution in [1.29, 1.82) is 0 Å². The summed E-state index contributed by atoms with van der Waals surface area (Å²) < 4.78 is 0. The van der Waals surface area contributed by atoms with E-state index >= 15 is 0 Å². The predicted molar refractivity (Wildman–Crippen MR) is 44.5 cm³/mol. The van der Waals surface area contributed by atoms with Crippen LogP contribution >= 0.6 is 0 Å². The van der Waals surface area contributed by atoms with Gasteiger partial charge in [-0.25, -0.2) is 0 Å². The molecule has 0 saturated carbocycles. The van der Waals surface area contributed by atoms with E-state index in [1.165, 1.54) is 0 Å². The van der Waals surface area contributed by atoms with Gasteiger partial charge in [0.25, 0.3) is 0 Å². The molecular formula is C7H19N3. The lowest BCUT2D eigenvalue weighted by Gasteiger charge is -2.41. The van der Waals surface area contributed by atoms with Gasteiger partial charge in [-0.3, -0.25) is 0 Å². The summed E-state index contributed by atoms with van der Waals surface area (Å²) in [6.45, 7) is 7.51. The monoisotopic (exact) mass is 145 g/mol. The molecule has 10 heavy (non-hydrogen) atoms. The first-order valence-corrected chi connectivity index (χ1v) is 3.53. The third-order valence-electron chi connectivity index (χ3n) is 2.33. The minimum absolute atomic E-state index is 0.0903. The molecule has 2 atom stereocenters. The van der Waals surface area contributed by atoms with Gasteiger partial charge in [-0.1, -0.05) is 0 Å². The van der Waals surface area contributed by atoms with Gasteiger partial charge in [0.05, 0.1) is 0 Å². The molecule has 62 valence electrons. The van der Waals surface area contributed by atoms with Crippen LogP contribution in [0.3, 0.4) is 0 Å². The van der Waals surface area contributed by atoms with E-state index in [1.54, 1.807) is 0 Å². The normalized spacial score (nSPS) is 21.9. The summed E-state index contributed by atoms with van der Waals surface area (Å²) in [7, 11) is 0. The highest BCUT2D eigenvalue weighted by atomic mass is 14.9. The van der Waals surface area contributed by atoms with Crippen LogP contribution in [0, 0.1) is 0 Å². The average Bonchev–Trinajstić information content (AvgIpc) is 1.62. The second kappa shape index (κ2) is 2.49. The highest BCUT2D eigenvalue weighted by molar-refractivity contribution is 5.03. The molecule has 6 N–H and O–H groups in total. The summed E-state index contributed by atoms with van der Waals surface area (Å²) in [6.07, 6.45) is 0. The third kappa shape index (κ3) is 1.68. The van der Waals surface area contributed by atoms with Gasteiger partial charge < -0.3 is 17.2 Å². The molecule has 0 rings (SSSR count). The molecule has 0 aromatic carbocycles. The number of nitrogens with two attached hydrogens (primary N) is 3. The first-order chi connectivity index (χ1) is 4.19. The molecule has 0 spiro atoms. The van der Waals surface area contributed by atoms with Crippen molar-refractivity contribution in [2.45, 2.75) is 44.8 Å². The van der Waals surface area contributed by atoms with Crippen molar-refractivity contribution in [2.75, 3.05) is 0 Å². The van der Waals surface area contributed by atoms with E-state index in [0.717, 1.165) is 0 Å². The molecule has 3 nitrogen and oxygen atoms in total. The van der Waals surface area contributed by atoms with E-state index in [1.807, 2.05) is 27.7 Å². The molecule has 0 saturated heterocycles. The molecule has 0 aromatic heterocycles. The first-order valence-electron chi connectivity index (χ1n) is 3.53. The molecule has 0 aliphatic rings. The van der Waals surface area contributed by atoms with Crippen LogP contribution in [-0.4, -0.2) is 17.1 Å². The summed E-state index contributed by atoms with van der Waals surface area (Å²) in [5, 5.41) is 0. The van der Waals surface area contributed by atoms with Crippen LogP contribution in [0.1, 0.15) is 27.7 Å². The number of rotatable bonds is 2. The molecule has 0 aromatic rings. The van der Waals surface area contributed by atoms with Crippen LogP contribution in [-0.2, 0) is 0 Å². The van der Waals surface area contributed by atoms with E-state index in [9.17, 15) is 0 Å². The lowest BCUT2D eigenvalue weighted by molar-refractivity contribution is 0.245. The van der Waals surface area contributed by atoms with Crippen molar-refractivity contribution in [3.05, 3.63) is 0 Å². The van der Waals surface area contributed by atoms with E-state index in [-0.39, 0.29) is 6.04 Å². The fraction of sp³-hybridized carbons (Fsp3) is 1.00. The Kier molecular flexibility index (Phi) is 2.46. The van der Waals surface area contributed by atoms with Crippen molar-refractivity contribution < 1.29 is 0 Å². The van der Waals surface area contributed by atoms with Gasteiger partial charge in [0, 0.05) is 17.1 Å². The van der Waals surface area contributed by atoms with Gasteiger partial charge in [0.15, 0.2) is 0 Å². The molecule has 0 aliphatic heterocycles. The smallest absolute Gasteiger partial charge is 0.0453 e. The Bertz CT molecular complexity index is 111. The average molecular weight is 145 g/mol. The second-order valence-electron chi connectivity index (χ2n) is 3.79. The Hall–Kier alpha value is -0.120. The molecule has 3 heteroatoms. The molecule has 0 amide bonds. The van der Waals surface area contributed by atoms with E-state index < -0.39 is 11.1 Å². The maximum absolute atomic E-state index is 5.89. The standard InChI is InChI=1S/C7H19N3/c1-5(8)7(4,10)6(2,3)9/h5H,8-10H2,1-4H3. The Morgan fingerprint density at radius 3 is 1.40 bits per heavy atom. The number of hydrogen-bond donors (Lipinski definition) is 3. The van der Waals surface area contributed by atoms with Crippen LogP contribution < -0.4 is 17.2 Å². The largest absolute Gasteiger partial charge is 0.326 e. The highest BCUT2D eigenvalue weighted by Gasteiger charge is 2.37. The lowest BCUT2D eigenvalue weighted by atomic mass is 9.78. The van der Waals surface area contributed by atoms with Gasteiger partial charge >= 0.3 is 0 Å². The predicted octanol–water partition coefficient (Wildman–Crippen LogP) is -0.212. The van der Waals surface area contributed by atoms with Crippen molar-refractivity contribution in [3.63, 3.8) is 0 Å². The second-order valence-corrected chi connectivity index (χ2v) is 3.79. The summed E-state index contributed by atoms with van der Waals surface area (Å²) in [4.78, 5) is 0. The zero-order chi connectivity index (χ0) is 8.58. The van der Waals surface area contributed by atoms with Crippen molar-refractivity contribution in [3.8, 4) is 0 Å². The Morgan fingerprint density at radius 1 is 1.10 bits per heavy atom. The number of hydrogen-bond acceptors (Lipinski definition) is 3. The van der Waals surface area contributed by atoms with E-state index in [0.29, 0.717) is 0 Å². The maximum Gasteiger partial charge on any atom is 0.0453 e. The van der Waals surface area contributed by atoms with Gasteiger partial charge in [-0.05, 0) is 27.7 Å². The molecule has 0 bridgehead atoms. The summed E-state index contributed by atoms with van der Waals surface area (Å²) >= 11 is 0. The van der Waals surface area contributed by atoms with Crippen LogP contribution in [0.5, 0.6) is 0 Å². The molecule has 0 heterocycles. The summed E-state index contributed by atoms with van der Waals surface area (Å²) in [5.41, 5.74) is 16.4. The van der Waals surface area contributed by atoms with Crippen LogP contribution in [0.15, 0.2) is 0 Å². The molecule has 2 unspecified atom stereocenters. The minimum atomic E-state index is -0.507. The third-order valence-corrected chi connectivity index (χ3v) is 2.33. The molecular weight excluding hydrogens is 126 g/mol. The zero-order valence-electron chi connectivity index (χ0n) is 7.31. The van der Waals surface area contributed by atoms with Crippen molar-refractivity contribution in [2.24, 2.45) is 17.2 Å². The Morgan fingerprint density at radius 2 is 1.40 bits per heavy atom. The summed E-state index contributed by atoms with van der Waals surface area (Å²) in [5.74, 6) is 0. The fourth-order valence-electron chi connectivity index (χ4n) is 0.587. The maximum atomic E-state index is 5.89. The molecule has 0 fully saturated rings. The van der Waals surface area contributed by atoms with Gasteiger partial charge in [0.1, 0.15) is 0 Å². The Balaban J connectivity index is 4.40. The molecule has 0 aliphatic carbocycles. The van der Waals surface area contributed by atoms with Gasteiger partial charge in [0.2, 0.25) is 0 Å². The SMILES string of the molecule is CC(N)C(C)(N)C(C)(C)N. The van der Waals surface area contributed by atoms with E-state index in [4.69, 9.17) is 17.2 Å². The quantitative estimate of drug-likeness (QED) is 0.503. The van der Waals surface area contributed by atoms with Crippen molar-refractivity contribution >= 4 is 0 Å². The van der Waals surface area contributed by atoms with Crippen molar-refractivity contribution in [1.82, 2.24) is 0 Å². The minimum Gasteiger partial charge on any atom is -0.326 e. The zero-order valence-corrected chi connectivity index (χ0v) is 7.31. The van der Waals surface area contributed by atoms with Gasteiger partial charge in [-0.15, -0.1) is 0 Å². The Labute approximate surface area is 62.9 Å². The van der Waals surface area contributed by atoms with Gasteiger partial charge in [-0.2, -0.15) is 0 Å².